The maximum atomic E-state index is 5.99. The van der Waals surface area contributed by atoms with Gasteiger partial charge in [0.2, 0.25) is 0 Å². The lowest BCUT2D eigenvalue weighted by Crippen LogP contribution is -2.23. The summed E-state index contributed by atoms with van der Waals surface area (Å²) in [5.41, 5.74) is 11.2. The molecule has 5 heteroatoms. The molecule has 3 N–H and O–H groups in total. The van der Waals surface area contributed by atoms with Crippen LogP contribution in [0.15, 0.2) is 47.5 Å². The van der Waals surface area contributed by atoms with Gasteiger partial charge in [-0.15, -0.1) is 24.0 Å². The molecule has 0 atom stereocenters. The molecule has 0 unspecified atom stereocenters. The predicted octanol–water partition coefficient (Wildman–Crippen LogP) is 4.16. The van der Waals surface area contributed by atoms with Crippen molar-refractivity contribution in [3.8, 4) is 5.75 Å². The number of nitrogens with zero attached hydrogens (tertiary/aromatic N) is 1. The van der Waals surface area contributed by atoms with Crippen molar-refractivity contribution in [2.24, 2.45) is 10.7 Å². The third-order valence-electron chi connectivity index (χ3n) is 4.44. The summed E-state index contributed by atoms with van der Waals surface area (Å²) < 4.78 is 5.16. The third kappa shape index (κ3) is 5.63. The van der Waals surface area contributed by atoms with Crippen LogP contribution in [0, 0.1) is 0 Å². The van der Waals surface area contributed by atoms with Crippen LogP contribution in [-0.2, 0) is 19.3 Å². The average Bonchev–Trinajstić information content (AvgIpc) is 3.07. The zero-order valence-electron chi connectivity index (χ0n) is 14.6. The molecule has 0 radical (unpaired) electrons. The molecule has 2 aromatic rings. The number of guanidine groups is 1. The highest BCUT2D eigenvalue weighted by molar-refractivity contribution is 14.0. The van der Waals surface area contributed by atoms with Gasteiger partial charge in [0.15, 0.2) is 5.96 Å². The Balaban J connectivity index is 0.00000225. The van der Waals surface area contributed by atoms with E-state index in [0.29, 0.717) is 5.96 Å². The van der Waals surface area contributed by atoms with Crippen LogP contribution in [0.2, 0.25) is 0 Å². The summed E-state index contributed by atoms with van der Waals surface area (Å²) >= 11 is 0. The second-order valence-corrected chi connectivity index (χ2v) is 6.18. The molecule has 2 aromatic carbocycles. The minimum atomic E-state index is 0. The number of anilines is 1. The Hall–Kier alpha value is -1.76. The number of hydrogen-bond acceptors (Lipinski definition) is 2. The van der Waals surface area contributed by atoms with Crippen LogP contribution in [0.25, 0.3) is 0 Å². The molecular weight excluding hydrogens is 425 g/mol. The molecule has 0 aromatic heterocycles. The Labute approximate surface area is 166 Å². The molecule has 0 bridgehead atoms. The van der Waals surface area contributed by atoms with Crippen LogP contribution in [0.1, 0.15) is 29.5 Å². The Bertz CT molecular complexity index is 713. The number of fused-ring (bicyclic) bond motifs is 1. The van der Waals surface area contributed by atoms with Crippen molar-refractivity contribution >= 4 is 35.6 Å². The van der Waals surface area contributed by atoms with Crippen molar-refractivity contribution < 1.29 is 4.74 Å². The fourth-order valence-electron chi connectivity index (χ4n) is 3.11. The molecule has 0 fully saturated rings. The second kappa shape index (κ2) is 9.65. The van der Waals surface area contributed by atoms with Crippen LogP contribution < -0.4 is 15.8 Å². The lowest BCUT2D eigenvalue weighted by atomic mass is 10.1. The van der Waals surface area contributed by atoms with Gasteiger partial charge in [-0.1, -0.05) is 18.2 Å². The number of hydrogen-bond donors (Lipinski definition) is 2. The largest absolute Gasteiger partial charge is 0.497 e. The van der Waals surface area contributed by atoms with Gasteiger partial charge in [0.1, 0.15) is 5.75 Å². The van der Waals surface area contributed by atoms with Crippen LogP contribution in [-0.4, -0.2) is 19.6 Å². The van der Waals surface area contributed by atoms with E-state index in [1.807, 2.05) is 12.1 Å². The lowest BCUT2D eigenvalue weighted by Gasteiger charge is -2.08. The molecule has 0 heterocycles. The minimum Gasteiger partial charge on any atom is -0.497 e. The number of aliphatic imine (C=N–C) groups is 1. The van der Waals surface area contributed by atoms with Crippen molar-refractivity contribution in [3.05, 3.63) is 59.2 Å². The number of halogens is 1. The molecule has 0 amide bonds. The van der Waals surface area contributed by atoms with Crippen LogP contribution >= 0.6 is 24.0 Å². The normalized spacial score (nSPS) is 13.1. The summed E-state index contributed by atoms with van der Waals surface area (Å²) in [7, 11) is 1.68. The first kappa shape index (κ1) is 19.6. The highest BCUT2D eigenvalue weighted by Gasteiger charge is 2.10. The highest BCUT2D eigenvalue weighted by atomic mass is 127. The first-order valence-electron chi connectivity index (χ1n) is 8.56. The second-order valence-electron chi connectivity index (χ2n) is 6.18. The fraction of sp³-hybridized carbons (Fsp3) is 0.350. The molecule has 134 valence electrons. The van der Waals surface area contributed by atoms with Gasteiger partial charge in [-0.2, -0.15) is 0 Å². The molecular formula is C20H26IN3O. The lowest BCUT2D eigenvalue weighted by molar-refractivity contribution is 0.414. The summed E-state index contributed by atoms with van der Waals surface area (Å²) in [6.45, 7) is 0.718. The van der Waals surface area contributed by atoms with Gasteiger partial charge >= 0.3 is 0 Å². The Kier molecular flexibility index (Phi) is 7.55. The number of benzene rings is 2. The van der Waals surface area contributed by atoms with Crippen molar-refractivity contribution in [3.63, 3.8) is 0 Å². The van der Waals surface area contributed by atoms with Gasteiger partial charge in [0.05, 0.1) is 7.11 Å². The first-order valence-corrected chi connectivity index (χ1v) is 8.56. The van der Waals surface area contributed by atoms with Gasteiger partial charge in [0.25, 0.3) is 0 Å². The monoisotopic (exact) mass is 451 g/mol. The standard InChI is InChI=1S/C20H25N3O.HI/c1-24-19-11-7-15(8-12-19)4-3-13-22-20(21)23-18-10-9-16-5-2-6-17(16)14-18;/h7-12,14H,2-6,13H2,1H3,(H3,21,22,23);1H. The molecule has 1 aliphatic carbocycles. The molecule has 25 heavy (non-hydrogen) atoms. The molecule has 3 rings (SSSR count). The molecule has 0 spiro atoms. The number of ether oxygens (including phenoxy) is 1. The zero-order valence-corrected chi connectivity index (χ0v) is 17.0. The summed E-state index contributed by atoms with van der Waals surface area (Å²) in [5.74, 6) is 1.38. The average molecular weight is 451 g/mol. The fourth-order valence-corrected chi connectivity index (χ4v) is 3.11. The Morgan fingerprint density at radius 2 is 1.88 bits per heavy atom. The number of rotatable bonds is 6. The topological polar surface area (TPSA) is 59.6 Å². The highest BCUT2D eigenvalue weighted by Crippen LogP contribution is 2.24. The van der Waals surface area contributed by atoms with Crippen molar-refractivity contribution in [1.82, 2.24) is 0 Å². The Morgan fingerprint density at radius 3 is 2.64 bits per heavy atom. The number of nitrogens with one attached hydrogen (secondary N) is 1. The van der Waals surface area contributed by atoms with E-state index < -0.39 is 0 Å². The van der Waals surface area contributed by atoms with E-state index in [4.69, 9.17) is 10.5 Å². The number of aryl methyl sites for hydroxylation is 3. The molecule has 4 nitrogen and oxygen atoms in total. The maximum absolute atomic E-state index is 5.99. The quantitative estimate of drug-likeness (QED) is 0.300. The number of nitrogens with two attached hydrogens (primary N) is 1. The van der Waals surface area contributed by atoms with E-state index >= 15 is 0 Å². The maximum Gasteiger partial charge on any atom is 0.193 e. The van der Waals surface area contributed by atoms with E-state index in [0.717, 1.165) is 30.8 Å². The molecule has 1 aliphatic rings. The predicted molar refractivity (Wildman–Crippen MR) is 115 cm³/mol. The zero-order chi connectivity index (χ0) is 16.8. The summed E-state index contributed by atoms with van der Waals surface area (Å²) in [6, 6.07) is 14.6. The van der Waals surface area contributed by atoms with E-state index in [-0.39, 0.29) is 24.0 Å². The van der Waals surface area contributed by atoms with Crippen LogP contribution in [0.3, 0.4) is 0 Å². The van der Waals surface area contributed by atoms with Crippen molar-refractivity contribution in [2.75, 3.05) is 19.0 Å². The summed E-state index contributed by atoms with van der Waals surface area (Å²) in [6.07, 6.45) is 5.58. The Morgan fingerprint density at radius 1 is 1.12 bits per heavy atom. The van der Waals surface area contributed by atoms with Crippen LogP contribution in [0.5, 0.6) is 5.75 Å². The van der Waals surface area contributed by atoms with Crippen molar-refractivity contribution in [1.29, 1.82) is 0 Å². The molecule has 0 aliphatic heterocycles. The third-order valence-corrected chi connectivity index (χ3v) is 4.44. The minimum absolute atomic E-state index is 0. The molecule has 0 saturated heterocycles. The van der Waals surface area contributed by atoms with Gasteiger partial charge in [0, 0.05) is 12.2 Å². The van der Waals surface area contributed by atoms with Gasteiger partial charge in [-0.05, 0) is 73.1 Å². The summed E-state index contributed by atoms with van der Waals surface area (Å²) in [5, 5.41) is 3.20. The van der Waals surface area contributed by atoms with E-state index in [1.165, 1.54) is 36.0 Å². The number of methoxy groups -OCH3 is 1. The van der Waals surface area contributed by atoms with Gasteiger partial charge in [-0.3, -0.25) is 4.99 Å². The van der Waals surface area contributed by atoms with Gasteiger partial charge in [-0.25, -0.2) is 0 Å². The first-order chi connectivity index (χ1) is 11.7. The summed E-state index contributed by atoms with van der Waals surface area (Å²) in [4.78, 5) is 4.42. The van der Waals surface area contributed by atoms with E-state index in [9.17, 15) is 0 Å². The van der Waals surface area contributed by atoms with E-state index in [1.54, 1.807) is 7.11 Å². The van der Waals surface area contributed by atoms with Gasteiger partial charge < -0.3 is 15.8 Å². The van der Waals surface area contributed by atoms with Crippen LogP contribution in [0.4, 0.5) is 5.69 Å². The van der Waals surface area contributed by atoms with E-state index in [2.05, 4.69) is 40.6 Å². The molecule has 0 saturated carbocycles. The SMILES string of the molecule is COc1ccc(CCCN=C(N)Nc2ccc3c(c2)CCC3)cc1.I. The van der Waals surface area contributed by atoms with Crippen molar-refractivity contribution in [2.45, 2.75) is 32.1 Å². The smallest absolute Gasteiger partial charge is 0.193 e.